The summed E-state index contributed by atoms with van der Waals surface area (Å²) < 4.78 is 4.98. The second kappa shape index (κ2) is 6.08. The standard InChI is InChI=1S/C11H21NO3/c1-3-4-7-12(9-5-6-9)10(8-15-2)11(13)14/h9-10H,3-8H2,1-2H3,(H,13,14). The van der Waals surface area contributed by atoms with E-state index in [2.05, 4.69) is 11.8 Å². The molecule has 0 radical (unpaired) electrons. The molecule has 0 heterocycles. The minimum Gasteiger partial charge on any atom is -0.480 e. The van der Waals surface area contributed by atoms with Crippen LogP contribution in [0.15, 0.2) is 0 Å². The Labute approximate surface area is 91.2 Å². The van der Waals surface area contributed by atoms with Crippen molar-refractivity contribution in [1.29, 1.82) is 0 Å². The van der Waals surface area contributed by atoms with Crippen LogP contribution in [0.3, 0.4) is 0 Å². The van der Waals surface area contributed by atoms with Gasteiger partial charge in [0, 0.05) is 13.2 Å². The number of hydrogen-bond donors (Lipinski definition) is 1. The number of unbranched alkanes of at least 4 members (excludes halogenated alkanes) is 1. The number of nitrogens with zero attached hydrogens (tertiary/aromatic N) is 1. The largest absolute Gasteiger partial charge is 0.480 e. The van der Waals surface area contributed by atoms with E-state index in [1.807, 2.05) is 0 Å². The summed E-state index contributed by atoms with van der Waals surface area (Å²) in [6.45, 7) is 3.29. The molecule has 0 bridgehead atoms. The molecule has 4 heteroatoms. The van der Waals surface area contributed by atoms with Crippen molar-refractivity contribution >= 4 is 5.97 Å². The van der Waals surface area contributed by atoms with Crippen LogP contribution in [0.5, 0.6) is 0 Å². The molecule has 0 aromatic rings. The van der Waals surface area contributed by atoms with E-state index in [9.17, 15) is 4.79 Å². The molecule has 0 saturated heterocycles. The van der Waals surface area contributed by atoms with Crippen LogP contribution in [-0.2, 0) is 9.53 Å². The Morgan fingerprint density at radius 2 is 2.27 bits per heavy atom. The molecular weight excluding hydrogens is 194 g/mol. The highest BCUT2D eigenvalue weighted by molar-refractivity contribution is 5.73. The molecule has 0 aromatic carbocycles. The fourth-order valence-electron chi connectivity index (χ4n) is 1.81. The summed E-state index contributed by atoms with van der Waals surface area (Å²) in [5, 5.41) is 9.13. The van der Waals surface area contributed by atoms with Gasteiger partial charge in [0.05, 0.1) is 6.61 Å². The summed E-state index contributed by atoms with van der Waals surface area (Å²) in [4.78, 5) is 13.2. The summed E-state index contributed by atoms with van der Waals surface area (Å²) in [6.07, 6.45) is 4.43. The minimum absolute atomic E-state index is 0.287. The SMILES string of the molecule is CCCCN(C1CC1)C(COC)C(=O)O. The molecule has 1 aliphatic carbocycles. The molecule has 1 unspecified atom stereocenters. The first-order chi connectivity index (χ1) is 7.20. The average Bonchev–Trinajstić information content (AvgIpc) is 3.00. The van der Waals surface area contributed by atoms with Gasteiger partial charge in [-0.3, -0.25) is 9.69 Å². The van der Waals surface area contributed by atoms with Crippen LogP contribution in [-0.4, -0.2) is 48.3 Å². The third-order valence-corrected chi connectivity index (χ3v) is 2.80. The zero-order chi connectivity index (χ0) is 11.3. The number of carbonyl (C=O) groups is 1. The van der Waals surface area contributed by atoms with Crippen molar-refractivity contribution in [2.24, 2.45) is 0 Å². The third kappa shape index (κ3) is 3.80. The quantitative estimate of drug-likeness (QED) is 0.664. The van der Waals surface area contributed by atoms with Gasteiger partial charge >= 0.3 is 5.97 Å². The number of methoxy groups -OCH3 is 1. The Morgan fingerprint density at radius 3 is 2.67 bits per heavy atom. The van der Waals surface area contributed by atoms with Crippen LogP contribution >= 0.6 is 0 Å². The second-order valence-corrected chi connectivity index (χ2v) is 4.13. The van der Waals surface area contributed by atoms with E-state index < -0.39 is 12.0 Å². The monoisotopic (exact) mass is 215 g/mol. The van der Waals surface area contributed by atoms with Gasteiger partial charge in [-0.15, -0.1) is 0 Å². The number of rotatable bonds is 8. The molecule has 1 saturated carbocycles. The van der Waals surface area contributed by atoms with Crippen LogP contribution < -0.4 is 0 Å². The molecule has 15 heavy (non-hydrogen) atoms. The van der Waals surface area contributed by atoms with E-state index >= 15 is 0 Å². The zero-order valence-electron chi connectivity index (χ0n) is 9.61. The summed E-state index contributed by atoms with van der Waals surface area (Å²) in [7, 11) is 1.56. The highest BCUT2D eigenvalue weighted by Crippen LogP contribution is 2.29. The molecule has 1 fully saturated rings. The highest BCUT2D eigenvalue weighted by atomic mass is 16.5. The van der Waals surface area contributed by atoms with Crippen molar-refractivity contribution < 1.29 is 14.6 Å². The number of aliphatic carboxylic acids is 1. The van der Waals surface area contributed by atoms with Crippen molar-refractivity contribution in [2.45, 2.75) is 44.7 Å². The summed E-state index contributed by atoms with van der Waals surface area (Å²) in [5.74, 6) is -0.764. The van der Waals surface area contributed by atoms with Crippen molar-refractivity contribution in [3.8, 4) is 0 Å². The maximum atomic E-state index is 11.1. The molecule has 4 nitrogen and oxygen atoms in total. The van der Waals surface area contributed by atoms with E-state index in [1.165, 1.54) is 0 Å². The highest BCUT2D eigenvalue weighted by Gasteiger charge is 2.36. The molecular formula is C11H21NO3. The number of carboxylic acids is 1. The third-order valence-electron chi connectivity index (χ3n) is 2.80. The van der Waals surface area contributed by atoms with Crippen LogP contribution in [0.25, 0.3) is 0 Å². The fourth-order valence-corrected chi connectivity index (χ4v) is 1.81. The van der Waals surface area contributed by atoms with Crippen molar-refractivity contribution in [1.82, 2.24) is 4.90 Å². The number of carboxylic acid groups (broad SMARTS) is 1. The van der Waals surface area contributed by atoms with E-state index in [-0.39, 0.29) is 6.61 Å². The topological polar surface area (TPSA) is 49.8 Å². The van der Waals surface area contributed by atoms with Crippen LogP contribution in [0.1, 0.15) is 32.6 Å². The van der Waals surface area contributed by atoms with Gasteiger partial charge in [0.15, 0.2) is 0 Å². The van der Waals surface area contributed by atoms with Gasteiger partial charge in [-0.1, -0.05) is 13.3 Å². The molecule has 0 amide bonds. The first-order valence-electron chi connectivity index (χ1n) is 5.68. The van der Waals surface area contributed by atoms with Gasteiger partial charge < -0.3 is 9.84 Å². The lowest BCUT2D eigenvalue weighted by Gasteiger charge is -2.28. The first kappa shape index (κ1) is 12.5. The molecule has 0 aromatic heterocycles. The van der Waals surface area contributed by atoms with E-state index in [0.717, 1.165) is 32.2 Å². The summed E-state index contributed by atoms with van der Waals surface area (Å²) >= 11 is 0. The Kier molecular flexibility index (Phi) is 5.05. The van der Waals surface area contributed by atoms with Crippen LogP contribution in [0.4, 0.5) is 0 Å². The van der Waals surface area contributed by atoms with Gasteiger partial charge in [-0.05, 0) is 25.8 Å². The van der Waals surface area contributed by atoms with Crippen molar-refractivity contribution in [3.63, 3.8) is 0 Å². The van der Waals surface area contributed by atoms with Crippen molar-refractivity contribution in [2.75, 3.05) is 20.3 Å². The fraction of sp³-hybridized carbons (Fsp3) is 0.909. The maximum Gasteiger partial charge on any atom is 0.323 e. The lowest BCUT2D eigenvalue weighted by Crippen LogP contribution is -2.46. The Hall–Kier alpha value is -0.610. The normalized spacial score (nSPS) is 18.1. The predicted octanol–water partition coefficient (Wildman–Crippen LogP) is 1.35. The van der Waals surface area contributed by atoms with Crippen molar-refractivity contribution in [3.05, 3.63) is 0 Å². The zero-order valence-corrected chi connectivity index (χ0v) is 9.61. The van der Waals surface area contributed by atoms with Gasteiger partial charge in [0.25, 0.3) is 0 Å². The van der Waals surface area contributed by atoms with Crippen LogP contribution in [0.2, 0.25) is 0 Å². The van der Waals surface area contributed by atoms with Gasteiger partial charge in [-0.2, -0.15) is 0 Å². The predicted molar refractivity (Wildman–Crippen MR) is 57.9 cm³/mol. The Morgan fingerprint density at radius 1 is 1.60 bits per heavy atom. The van der Waals surface area contributed by atoms with Crippen LogP contribution in [0, 0.1) is 0 Å². The lowest BCUT2D eigenvalue weighted by atomic mass is 10.2. The molecule has 88 valence electrons. The van der Waals surface area contributed by atoms with Gasteiger partial charge in [-0.25, -0.2) is 0 Å². The number of ether oxygens (including phenoxy) is 1. The molecule has 0 spiro atoms. The maximum absolute atomic E-state index is 11.1. The average molecular weight is 215 g/mol. The van der Waals surface area contributed by atoms with E-state index in [0.29, 0.717) is 6.04 Å². The summed E-state index contributed by atoms with van der Waals surface area (Å²) in [6, 6.07) is 0.0156. The molecule has 1 N–H and O–H groups in total. The molecule has 0 aliphatic heterocycles. The first-order valence-corrected chi connectivity index (χ1v) is 5.68. The smallest absolute Gasteiger partial charge is 0.323 e. The van der Waals surface area contributed by atoms with E-state index in [1.54, 1.807) is 7.11 Å². The minimum atomic E-state index is -0.764. The van der Waals surface area contributed by atoms with E-state index in [4.69, 9.17) is 9.84 Å². The lowest BCUT2D eigenvalue weighted by molar-refractivity contribution is -0.145. The summed E-state index contributed by atoms with van der Waals surface area (Å²) in [5.41, 5.74) is 0. The molecule has 1 atom stereocenters. The molecule has 1 aliphatic rings. The Bertz CT molecular complexity index is 204. The van der Waals surface area contributed by atoms with Gasteiger partial charge in [0.2, 0.25) is 0 Å². The van der Waals surface area contributed by atoms with Gasteiger partial charge in [0.1, 0.15) is 6.04 Å². The molecule has 1 rings (SSSR count). The second-order valence-electron chi connectivity index (χ2n) is 4.13. The Balaban J connectivity index is 2.52. The number of hydrogen-bond acceptors (Lipinski definition) is 3.